The fourth-order valence-corrected chi connectivity index (χ4v) is 4.45. The van der Waals surface area contributed by atoms with E-state index in [1.54, 1.807) is 18.2 Å². The molecule has 0 atom stereocenters. The molecule has 3 N–H and O–H groups in total. The van der Waals surface area contributed by atoms with Crippen LogP contribution >= 0.6 is 0 Å². The van der Waals surface area contributed by atoms with E-state index in [4.69, 9.17) is 0 Å². The Balaban J connectivity index is 1.30. The maximum atomic E-state index is 13.1. The van der Waals surface area contributed by atoms with E-state index in [-0.39, 0.29) is 47.0 Å². The first-order valence-corrected chi connectivity index (χ1v) is 12.5. The number of aromatic nitrogens is 2. The molecule has 0 unspecified atom stereocenters. The molecular formula is C26H28F4N6O3. The highest BCUT2D eigenvalue weighted by Crippen LogP contribution is 2.29. The number of alkyl halides is 3. The van der Waals surface area contributed by atoms with Crippen LogP contribution in [0.25, 0.3) is 0 Å². The molecule has 9 nitrogen and oxygen atoms in total. The molecule has 208 valence electrons. The number of nitrogens with one attached hydrogen (secondary N) is 3. The summed E-state index contributed by atoms with van der Waals surface area (Å²) in [5, 5.41) is 20.9. The van der Waals surface area contributed by atoms with Crippen molar-refractivity contribution in [3.05, 3.63) is 81.8 Å². The van der Waals surface area contributed by atoms with Gasteiger partial charge in [-0.2, -0.15) is 4.98 Å². The Kier molecular flexibility index (Phi) is 9.12. The van der Waals surface area contributed by atoms with Crippen molar-refractivity contribution in [2.45, 2.75) is 51.2 Å². The van der Waals surface area contributed by atoms with Gasteiger partial charge >= 0.3 is 12.0 Å². The van der Waals surface area contributed by atoms with Gasteiger partial charge in [0.25, 0.3) is 0 Å². The van der Waals surface area contributed by atoms with Gasteiger partial charge in [-0.1, -0.05) is 30.3 Å². The van der Waals surface area contributed by atoms with E-state index in [9.17, 15) is 27.7 Å². The Morgan fingerprint density at radius 1 is 1.00 bits per heavy atom. The summed E-state index contributed by atoms with van der Waals surface area (Å²) in [5.41, 5.74) is 0.934. The average Bonchev–Trinajstić information content (AvgIpc) is 2.91. The minimum atomic E-state index is -4.84. The average molecular weight is 549 g/mol. The lowest BCUT2D eigenvalue weighted by Gasteiger charge is -2.29. The second-order valence-corrected chi connectivity index (χ2v) is 9.30. The Hall–Kier alpha value is -4.00. The van der Waals surface area contributed by atoms with Crippen molar-refractivity contribution in [3.8, 4) is 5.75 Å². The summed E-state index contributed by atoms with van der Waals surface area (Å²) in [4.78, 5) is 19.1. The van der Waals surface area contributed by atoms with E-state index in [0.29, 0.717) is 19.1 Å². The number of benzene rings is 2. The van der Waals surface area contributed by atoms with Gasteiger partial charge in [-0.15, -0.1) is 13.2 Å². The van der Waals surface area contributed by atoms with Gasteiger partial charge in [-0.3, -0.25) is 10.1 Å². The highest BCUT2D eigenvalue weighted by atomic mass is 19.4. The fourth-order valence-electron chi connectivity index (χ4n) is 4.45. The molecule has 0 bridgehead atoms. The van der Waals surface area contributed by atoms with Crippen molar-refractivity contribution in [3.63, 3.8) is 0 Å². The molecule has 13 heteroatoms. The monoisotopic (exact) mass is 548 g/mol. The Bertz CT molecular complexity index is 1250. The van der Waals surface area contributed by atoms with E-state index in [2.05, 4.69) is 30.7 Å². The van der Waals surface area contributed by atoms with Crippen molar-refractivity contribution in [1.29, 1.82) is 0 Å². The topological polar surface area (TPSA) is 114 Å². The second-order valence-electron chi connectivity index (χ2n) is 9.30. The Labute approximate surface area is 222 Å². The first-order chi connectivity index (χ1) is 18.7. The van der Waals surface area contributed by atoms with Crippen molar-refractivity contribution in [1.82, 2.24) is 15.3 Å². The number of hydrogen-bond acceptors (Lipinski definition) is 8. The first kappa shape index (κ1) is 28.0. The maximum absolute atomic E-state index is 13.1. The maximum Gasteiger partial charge on any atom is 0.573 e. The van der Waals surface area contributed by atoms with Crippen molar-refractivity contribution in [2.24, 2.45) is 5.92 Å². The molecule has 1 heterocycles. The van der Waals surface area contributed by atoms with Crippen LogP contribution in [0.5, 0.6) is 5.75 Å². The van der Waals surface area contributed by atoms with Crippen LogP contribution in [0.4, 0.5) is 35.0 Å². The smallest absolute Gasteiger partial charge is 0.405 e. The van der Waals surface area contributed by atoms with Crippen LogP contribution < -0.4 is 20.7 Å². The van der Waals surface area contributed by atoms with Crippen molar-refractivity contribution >= 4 is 17.5 Å². The summed E-state index contributed by atoms with van der Waals surface area (Å²) < 4.78 is 55.2. The third-order valence-corrected chi connectivity index (χ3v) is 6.51. The fraction of sp³-hybridized carbons (Fsp3) is 0.385. The number of anilines is 2. The van der Waals surface area contributed by atoms with Crippen LogP contribution in [0.2, 0.25) is 0 Å². The highest BCUT2D eigenvalue weighted by molar-refractivity contribution is 5.57. The van der Waals surface area contributed by atoms with Crippen LogP contribution in [0.15, 0.2) is 54.7 Å². The number of rotatable bonds is 11. The van der Waals surface area contributed by atoms with Crippen molar-refractivity contribution < 1.29 is 27.2 Å². The molecular weight excluding hydrogens is 520 g/mol. The van der Waals surface area contributed by atoms with Gasteiger partial charge in [-0.25, -0.2) is 9.37 Å². The van der Waals surface area contributed by atoms with Gasteiger partial charge in [0.2, 0.25) is 11.8 Å². The summed E-state index contributed by atoms with van der Waals surface area (Å²) in [6, 6.07) is 12.4. The summed E-state index contributed by atoms with van der Waals surface area (Å²) in [6.07, 6.45) is -0.0831. The van der Waals surface area contributed by atoms with Crippen LogP contribution in [0.1, 0.15) is 36.8 Å². The molecule has 0 saturated heterocycles. The molecule has 1 aliphatic rings. The molecule has 1 saturated carbocycles. The highest BCUT2D eigenvalue weighted by Gasteiger charge is 2.32. The van der Waals surface area contributed by atoms with Crippen molar-refractivity contribution in [2.75, 3.05) is 17.2 Å². The standard InChI is InChI=1S/C26H28F4N6O3/c27-20-9-5-17(6-10-20)13-31-21-11-7-18(8-12-21)14-32-24-22(36(37)38)16-34-25(35-24)33-15-19-3-1-2-4-23(19)39-26(28,29)30/h1-6,9-10,16,18,21,31H,7-8,11-15H2,(H2,32,33,34,35)/t18-,21-. The summed E-state index contributed by atoms with van der Waals surface area (Å²) in [7, 11) is 0. The van der Waals surface area contributed by atoms with E-state index < -0.39 is 11.3 Å². The third kappa shape index (κ3) is 8.50. The number of para-hydroxylation sites is 1. The Morgan fingerprint density at radius 2 is 1.72 bits per heavy atom. The molecule has 0 radical (unpaired) electrons. The van der Waals surface area contributed by atoms with Gasteiger partial charge in [0.1, 0.15) is 17.8 Å². The number of ether oxygens (including phenoxy) is 1. The molecule has 0 aliphatic heterocycles. The number of nitrogens with zero attached hydrogens (tertiary/aromatic N) is 3. The molecule has 1 aromatic heterocycles. The van der Waals surface area contributed by atoms with E-state index in [1.807, 2.05) is 0 Å². The lowest BCUT2D eigenvalue weighted by atomic mass is 9.86. The second kappa shape index (κ2) is 12.7. The zero-order chi connectivity index (χ0) is 27.8. The minimum absolute atomic E-state index is 0.0265. The lowest BCUT2D eigenvalue weighted by molar-refractivity contribution is -0.384. The predicted octanol–water partition coefficient (Wildman–Crippen LogP) is 5.80. The molecule has 0 amide bonds. The Morgan fingerprint density at radius 3 is 2.41 bits per heavy atom. The van der Waals surface area contributed by atoms with Gasteiger partial charge in [0.05, 0.1) is 4.92 Å². The van der Waals surface area contributed by atoms with Gasteiger partial charge in [0, 0.05) is 31.2 Å². The van der Waals surface area contributed by atoms with E-state index >= 15 is 0 Å². The third-order valence-electron chi connectivity index (χ3n) is 6.51. The summed E-state index contributed by atoms with van der Waals surface area (Å²) in [5.74, 6) is -0.279. The molecule has 0 spiro atoms. The zero-order valence-electron chi connectivity index (χ0n) is 20.9. The predicted molar refractivity (Wildman–Crippen MR) is 137 cm³/mol. The van der Waals surface area contributed by atoms with Gasteiger partial charge in [0.15, 0.2) is 0 Å². The largest absolute Gasteiger partial charge is 0.573 e. The lowest BCUT2D eigenvalue weighted by Crippen LogP contribution is -2.34. The minimum Gasteiger partial charge on any atom is -0.405 e. The van der Waals surface area contributed by atoms with Crippen LogP contribution in [-0.2, 0) is 13.1 Å². The molecule has 1 aliphatic carbocycles. The molecule has 1 fully saturated rings. The van der Waals surface area contributed by atoms with E-state index in [0.717, 1.165) is 37.4 Å². The van der Waals surface area contributed by atoms with Gasteiger partial charge < -0.3 is 20.7 Å². The van der Waals surface area contributed by atoms with Crippen LogP contribution in [0.3, 0.4) is 0 Å². The molecule has 4 rings (SSSR count). The van der Waals surface area contributed by atoms with Crippen LogP contribution in [0, 0.1) is 21.8 Å². The SMILES string of the molecule is O=[N+]([O-])c1cnc(NCc2ccccc2OC(F)(F)F)nc1NC[C@H]1CC[C@H](NCc2ccc(F)cc2)CC1. The molecule has 3 aromatic rings. The quantitative estimate of drug-likeness (QED) is 0.157. The molecule has 39 heavy (non-hydrogen) atoms. The van der Waals surface area contributed by atoms with Gasteiger partial charge in [-0.05, 0) is 55.4 Å². The molecule has 2 aromatic carbocycles. The number of nitro groups is 1. The van der Waals surface area contributed by atoms with E-state index in [1.165, 1.54) is 30.3 Å². The number of halogens is 4. The normalized spacial score (nSPS) is 17.4. The zero-order valence-corrected chi connectivity index (χ0v) is 20.9. The summed E-state index contributed by atoms with van der Waals surface area (Å²) in [6.45, 7) is 1.05. The summed E-state index contributed by atoms with van der Waals surface area (Å²) >= 11 is 0. The first-order valence-electron chi connectivity index (χ1n) is 12.5. The van der Waals surface area contributed by atoms with Crippen LogP contribution in [-0.4, -0.2) is 33.8 Å². The number of hydrogen-bond donors (Lipinski definition) is 3.